The number of hydrogen-bond donors (Lipinski definition) is 0. The van der Waals surface area contributed by atoms with E-state index in [-0.39, 0.29) is 12.0 Å². The Balaban J connectivity index is 1.75. The summed E-state index contributed by atoms with van der Waals surface area (Å²) in [6.45, 7) is 9.82. The first-order valence-corrected chi connectivity index (χ1v) is 10.6. The lowest BCUT2D eigenvalue weighted by Gasteiger charge is -2.39. The van der Waals surface area contributed by atoms with Gasteiger partial charge in [0.05, 0.1) is 13.2 Å². The number of carbonyl (C=O) groups is 1. The van der Waals surface area contributed by atoms with Crippen LogP contribution in [0.2, 0.25) is 0 Å². The largest absolute Gasteiger partial charge is 0.488 e. The molecule has 2 atom stereocenters. The van der Waals surface area contributed by atoms with Crippen LogP contribution in [0.3, 0.4) is 0 Å². The Kier molecular flexibility index (Phi) is 7.19. The van der Waals surface area contributed by atoms with Crippen molar-refractivity contribution in [3.05, 3.63) is 54.2 Å². The van der Waals surface area contributed by atoms with Gasteiger partial charge in [-0.1, -0.05) is 30.3 Å². The number of hydrogen-bond acceptors (Lipinski definition) is 5. The number of pyridine rings is 1. The van der Waals surface area contributed by atoms with Gasteiger partial charge in [-0.3, -0.25) is 0 Å². The lowest BCUT2D eigenvalue weighted by Crippen LogP contribution is -2.46. The molecular formula is C24H32N2O4. The van der Waals surface area contributed by atoms with Gasteiger partial charge in [0, 0.05) is 25.2 Å². The standard InChI is InChI=1S/C24H32N2O4/c1-5-28-21-12-9-14-25-22(21)29-17-19-16-26(23(27)30-24(2,3)4)15-13-20(19)18-10-7-6-8-11-18/h6-12,14,19-20H,5,13,15-17H2,1-4H3/t19-,20-/m0/s1. The average Bonchev–Trinajstić information content (AvgIpc) is 2.72. The van der Waals surface area contributed by atoms with Crippen molar-refractivity contribution >= 4 is 6.09 Å². The van der Waals surface area contributed by atoms with Crippen LogP contribution in [0.1, 0.15) is 45.6 Å². The van der Waals surface area contributed by atoms with Crippen molar-refractivity contribution in [3.8, 4) is 11.6 Å². The predicted octanol–water partition coefficient (Wildman–Crippen LogP) is 4.90. The molecule has 0 saturated carbocycles. The molecule has 0 unspecified atom stereocenters. The SMILES string of the molecule is CCOc1cccnc1OC[C@@H]1CN(C(=O)OC(C)(C)C)CC[C@H]1c1ccccc1. The molecule has 0 aliphatic carbocycles. The van der Waals surface area contributed by atoms with Crippen LogP contribution in [0.25, 0.3) is 0 Å². The molecule has 0 radical (unpaired) electrons. The molecule has 1 aliphatic rings. The number of nitrogens with zero attached hydrogens (tertiary/aromatic N) is 2. The lowest BCUT2D eigenvalue weighted by molar-refractivity contribution is 0.0109. The molecule has 2 heterocycles. The Morgan fingerprint density at radius 1 is 1.13 bits per heavy atom. The number of ether oxygens (including phenoxy) is 3. The third-order valence-corrected chi connectivity index (χ3v) is 5.08. The van der Waals surface area contributed by atoms with E-state index in [1.807, 2.05) is 45.9 Å². The van der Waals surface area contributed by atoms with Crippen LogP contribution < -0.4 is 9.47 Å². The molecule has 162 valence electrons. The summed E-state index contributed by atoms with van der Waals surface area (Å²) in [7, 11) is 0. The van der Waals surface area contributed by atoms with E-state index in [0.717, 1.165) is 6.42 Å². The highest BCUT2D eigenvalue weighted by Crippen LogP contribution is 2.35. The van der Waals surface area contributed by atoms with Crippen molar-refractivity contribution in [1.82, 2.24) is 9.88 Å². The van der Waals surface area contributed by atoms with Crippen molar-refractivity contribution < 1.29 is 19.0 Å². The van der Waals surface area contributed by atoms with Gasteiger partial charge < -0.3 is 19.1 Å². The fraction of sp³-hybridized carbons (Fsp3) is 0.500. The van der Waals surface area contributed by atoms with Gasteiger partial charge in [0.2, 0.25) is 0 Å². The number of aromatic nitrogens is 1. The van der Waals surface area contributed by atoms with Crippen molar-refractivity contribution in [2.24, 2.45) is 5.92 Å². The molecule has 2 aromatic rings. The summed E-state index contributed by atoms with van der Waals surface area (Å²) >= 11 is 0. The zero-order chi connectivity index (χ0) is 21.6. The van der Waals surface area contributed by atoms with Crippen LogP contribution in [0, 0.1) is 5.92 Å². The van der Waals surface area contributed by atoms with E-state index in [2.05, 4.69) is 29.2 Å². The fourth-order valence-corrected chi connectivity index (χ4v) is 3.77. The van der Waals surface area contributed by atoms with E-state index in [9.17, 15) is 4.79 Å². The predicted molar refractivity (Wildman–Crippen MR) is 116 cm³/mol. The second kappa shape index (κ2) is 9.83. The summed E-state index contributed by atoms with van der Waals surface area (Å²) in [6.07, 6.45) is 2.28. The maximum absolute atomic E-state index is 12.6. The Morgan fingerprint density at radius 3 is 2.60 bits per heavy atom. The summed E-state index contributed by atoms with van der Waals surface area (Å²) in [5.41, 5.74) is 0.751. The van der Waals surface area contributed by atoms with Crippen LogP contribution in [-0.2, 0) is 4.74 Å². The molecule has 1 aromatic heterocycles. The quantitative estimate of drug-likeness (QED) is 0.675. The van der Waals surface area contributed by atoms with Crippen LogP contribution >= 0.6 is 0 Å². The van der Waals surface area contributed by atoms with Gasteiger partial charge in [-0.15, -0.1) is 0 Å². The average molecular weight is 413 g/mol. The highest BCUT2D eigenvalue weighted by Gasteiger charge is 2.35. The van der Waals surface area contributed by atoms with E-state index >= 15 is 0 Å². The molecule has 30 heavy (non-hydrogen) atoms. The van der Waals surface area contributed by atoms with E-state index in [1.165, 1.54) is 5.56 Å². The number of carbonyl (C=O) groups excluding carboxylic acids is 1. The summed E-state index contributed by atoms with van der Waals surface area (Å²) in [4.78, 5) is 18.8. The zero-order valence-corrected chi connectivity index (χ0v) is 18.3. The molecule has 0 N–H and O–H groups in total. The van der Waals surface area contributed by atoms with Crippen LogP contribution in [0.5, 0.6) is 11.6 Å². The minimum Gasteiger partial charge on any atom is -0.488 e. The Bertz CT molecular complexity index is 819. The highest BCUT2D eigenvalue weighted by atomic mass is 16.6. The number of amides is 1. The van der Waals surface area contributed by atoms with Gasteiger partial charge in [-0.25, -0.2) is 9.78 Å². The van der Waals surface area contributed by atoms with Crippen LogP contribution in [0.15, 0.2) is 48.7 Å². The van der Waals surface area contributed by atoms with Crippen molar-refractivity contribution in [2.45, 2.75) is 45.6 Å². The third-order valence-electron chi connectivity index (χ3n) is 5.08. The number of rotatable bonds is 6. The molecule has 0 spiro atoms. The first kappa shape index (κ1) is 21.9. The van der Waals surface area contributed by atoms with Crippen molar-refractivity contribution in [3.63, 3.8) is 0 Å². The smallest absolute Gasteiger partial charge is 0.410 e. The summed E-state index contributed by atoms with van der Waals surface area (Å²) in [6, 6.07) is 14.1. The Labute approximate surface area is 179 Å². The third kappa shape index (κ3) is 5.88. The summed E-state index contributed by atoms with van der Waals surface area (Å²) < 4.78 is 17.3. The molecule has 1 saturated heterocycles. The molecule has 6 heteroatoms. The monoisotopic (exact) mass is 412 g/mol. The van der Waals surface area contributed by atoms with E-state index in [4.69, 9.17) is 14.2 Å². The molecular weight excluding hydrogens is 380 g/mol. The summed E-state index contributed by atoms with van der Waals surface area (Å²) in [5.74, 6) is 1.53. The lowest BCUT2D eigenvalue weighted by atomic mass is 9.81. The maximum atomic E-state index is 12.6. The zero-order valence-electron chi connectivity index (χ0n) is 18.3. The molecule has 1 fully saturated rings. The second-order valence-corrected chi connectivity index (χ2v) is 8.54. The van der Waals surface area contributed by atoms with Gasteiger partial charge in [0.25, 0.3) is 5.88 Å². The molecule has 3 rings (SSSR count). The normalized spacial score (nSPS) is 19.3. The summed E-state index contributed by atoms with van der Waals surface area (Å²) in [5, 5.41) is 0. The highest BCUT2D eigenvalue weighted by molar-refractivity contribution is 5.68. The molecule has 1 amide bonds. The maximum Gasteiger partial charge on any atom is 0.410 e. The minimum atomic E-state index is -0.514. The molecule has 6 nitrogen and oxygen atoms in total. The topological polar surface area (TPSA) is 60.9 Å². The van der Waals surface area contributed by atoms with Crippen LogP contribution in [0.4, 0.5) is 4.79 Å². The Morgan fingerprint density at radius 2 is 1.90 bits per heavy atom. The first-order valence-electron chi connectivity index (χ1n) is 10.6. The fourth-order valence-electron chi connectivity index (χ4n) is 3.77. The number of likely N-dealkylation sites (tertiary alicyclic amines) is 1. The molecule has 0 bridgehead atoms. The molecule has 1 aliphatic heterocycles. The van der Waals surface area contributed by atoms with Gasteiger partial charge in [-0.2, -0.15) is 0 Å². The Hall–Kier alpha value is -2.76. The number of piperidine rings is 1. The van der Waals surface area contributed by atoms with E-state index in [1.54, 1.807) is 11.1 Å². The molecule has 1 aromatic carbocycles. The van der Waals surface area contributed by atoms with E-state index < -0.39 is 5.60 Å². The first-order chi connectivity index (χ1) is 14.4. The van der Waals surface area contributed by atoms with Crippen LogP contribution in [-0.4, -0.2) is 47.9 Å². The van der Waals surface area contributed by atoms with Gasteiger partial charge in [0.1, 0.15) is 5.60 Å². The van der Waals surface area contributed by atoms with Gasteiger partial charge in [-0.05, 0) is 57.7 Å². The second-order valence-electron chi connectivity index (χ2n) is 8.54. The van der Waals surface area contributed by atoms with E-state index in [0.29, 0.717) is 43.9 Å². The van der Waals surface area contributed by atoms with Gasteiger partial charge >= 0.3 is 6.09 Å². The number of benzene rings is 1. The van der Waals surface area contributed by atoms with Crippen molar-refractivity contribution in [1.29, 1.82) is 0 Å². The van der Waals surface area contributed by atoms with Crippen molar-refractivity contribution in [2.75, 3.05) is 26.3 Å². The minimum absolute atomic E-state index is 0.116. The van der Waals surface area contributed by atoms with Gasteiger partial charge in [0.15, 0.2) is 5.75 Å².